The van der Waals surface area contributed by atoms with Crippen molar-refractivity contribution >= 4 is 9.76 Å². The number of hydrogen-bond acceptors (Lipinski definition) is 3. The maximum Gasteiger partial charge on any atom is 0.226 e. The summed E-state index contributed by atoms with van der Waals surface area (Å²) in [4.78, 5) is 0. The molecule has 14 heavy (non-hydrogen) atoms. The van der Waals surface area contributed by atoms with Crippen molar-refractivity contribution in [2.24, 2.45) is 0 Å². The summed E-state index contributed by atoms with van der Waals surface area (Å²) < 4.78 is 10.5. The molecule has 0 fully saturated rings. The van der Waals surface area contributed by atoms with Gasteiger partial charge in [0.15, 0.2) is 0 Å². The standard InChI is InChI=1S/C10H14O3Si/c1-14-13-7-6-12-8-9-4-2-3-5-10(9)11/h2-5,11H,6-8H2,1H3. The fraction of sp³-hybridized carbons (Fsp3) is 0.400. The number of phenols is 1. The normalized spacial score (nSPS) is 10.4. The molecule has 1 rings (SSSR count). The van der Waals surface area contributed by atoms with Gasteiger partial charge < -0.3 is 14.3 Å². The zero-order valence-corrected chi connectivity index (χ0v) is 9.19. The highest BCUT2D eigenvalue weighted by atomic mass is 28.2. The average molecular weight is 210 g/mol. The van der Waals surface area contributed by atoms with Crippen LogP contribution in [0.1, 0.15) is 5.56 Å². The van der Waals surface area contributed by atoms with Gasteiger partial charge in [0.2, 0.25) is 9.76 Å². The van der Waals surface area contributed by atoms with E-state index in [4.69, 9.17) is 9.16 Å². The number of hydrogen-bond donors (Lipinski definition) is 1. The molecule has 0 saturated heterocycles. The highest BCUT2D eigenvalue weighted by Crippen LogP contribution is 2.15. The predicted molar refractivity (Wildman–Crippen MR) is 55.3 cm³/mol. The van der Waals surface area contributed by atoms with E-state index >= 15 is 0 Å². The monoisotopic (exact) mass is 210 g/mol. The number of rotatable bonds is 6. The number of ether oxygens (including phenoxy) is 1. The summed E-state index contributed by atoms with van der Waals surface area (Å²) in [6.45, 7) is 3.59. The lowest BCUT2D eigenvalue weighted by Gasteiger charge is -2.05. The Kier molecular flexibility index (Phi) is 5.29. The van der Waals surface area contributed by atoms with Gasteiger partial charge >= 0.3 is 0 Å². The summed E-state index contributed by atoms with van der Waals surface area (Å²) in [7, 11) is 0.504. The molecule has 0 amide bonds. The molecule has 1 aromatic rings. The fourth-order valence-electron chi connectivity index (χ4n) is 1.02. The molecule has 2 radical (unpaired) electrons. The van der Waals surface area contributed by atoms with E-state index in [1.54, 1.807) is 12.1 Å². The first-order chi connectivity index (χ1) is 6.84. The summed E-state index contributed by atoms with van der Waals surface area (Å²) in [5.74, 6) is 0.283. The van der Waals surface area contributed by atoms with Crippen molar-refractivity contribution < 1.29 is 14.3 Å². The van der Waals surface area contributed by atoms with Gasteiger partial charge in [-0.15, -0.1) is 0 Å². The van der Waals surface area contributed by atoms with Gasteiger partial charge in [-0.3, -0.25) is 0 Å². The van der Waals surface area contributed by atoms with Gasteiger partial charge in [-0.1, -0.05) is 18.2 Å². The van der Waals surface area contributed by atoms with Gasteiger partial charge in [-0.25, -0.2) is 0 Å². The Balaban J connectivity index is 2.21. The van der Waals surface area contributed by atoms with Crippen LogP contribution < -0.4 is 0 Å². The van der Waals surface area contributed by atoms with Crippen LogP contribution in [-0.4, -0.2) is 28.1 Å². The van der Waals surface area contributed by atoms with Gasteiger partial charge in [0, 0.05) is 5.56 Å². The lowest BCUT2D eigenvalue weighted by molar-refractivity contribution is 0.0892. The first kappa shape index (κ1) is 11.2. The van der Waals surface area contributed by atoms with Crippen LogP contribution in [0.25, 0.3) is 0 Å². The molecule has 0 aliphatic rings. The maximum absolute atomic E-state index is 9.40. The SMILES string of the molecule is C[Si]OCCOCc1ccccc1O. The van der Waals surface area contributed by atoms with Crippen LogP contribution in [0.15, 0.2) is 24.3 Å². The average Bonchev–Trinajstić information content (AvgIpc) is 2.20. The molecule has 0 aliphatic carbocycles. The third-order valence-corrected chi connectivity index (χ3v) is 2.22. The smallest absolute Gasteiger partial charge is 0.226 e. The largest absolute Gasteiger partial charge is 0.508 e. The molecule has 0 unspecified atom stereocenters. The molecule has 4 heteroatoms. The van der Waals surface area contributed by atoms with Gasteiger partial charge in [0.25, 0.3) is 0 Å². The molecule has 76 valence electrons. The highest BCUT2D eigenvalue weighted by Gasteiger charge is 1.98. The molecular weight excluding hydrogens is 196 g/mol. The van der Waals surface area contributed by atoms with Crippen molar-refractivity contribution in [2.75, 3.05) is 13.2 Å². The number of para-hydroxylation sites is 1. The second-order valence-corrected chi connectivity index (χ2v) is 3.43. The maximum atomic E-state index is 9.40. The van der Waals surface area contributed by atoms with E-state index in [9.17, 15) is 5.11 Å². The van der Waals surface area contributed by atoms with Gasteiger partial charge in [0.05, 0.1) is 19.8 Å². The van der Waals surface area contributed by atoms with Crippen LogP contribution in [0, 0.1) is 0 Å². The van der Waals surface area contributed by atoms with Crippen LogP contribution in [0.2, 0.25) is 6.55 Å². The van der Waals surface area contributed by atoms with Crippen LogP contribution in [0.4, 0.5) is 0 Å². The van der Waals surface area contributed by atoms with E-state index < -0.39 is 0 Å². The molecule has 0 heterocycles. The molecular formula is C10H14O3Si. The number of aromatic hydroxyl groups is 1. The summed E-state index contributed by atoms with van der Waals surface area (Å²) in [5, 5.41) is 9.40. The molecule has 1 N–H and O–H groups in total. The first-order valence-electron chi connectivity index (χ1n) is 4.47. The summed E-state index contributed by atoms with van der Waals surface area (Å²) in [6, 6.07) is 7.17. The van der Waals surface area contributed by atoms with Crippen LogP contribution in [0.5, 0.6) is 5.75 Å². The fourth-order valence-corrected chi connectivity index (χ4v) is 1.31. The third-order valence-electron chi connectivity index (χ3n) is 1.72. The minimum Gasteiger partial charge on any atom is -0.508 e. The van der Waals surface area contributed by atoms with E-state index in [0.29, 0.717) is 29.6 Å². The molecule has 3 nitrogen and oxygen atoms in total. The quantitative estimate of drug-likeness (QED) is 0.572. The minimum atomic E-state index is 0.283. The number of phenolic OH excluding ortho intramolecular Hbond substituents is 1. The van der Waals surface area contributed by atoms with Crippen molar-refractivity contribution in [3.63, 3.8) is 0 Å². The topological polar surface area (TPSA) is 38.7 Å². The molecule has 0 bridgehead atoms. The van der Waals surface area contributed by atoms with E-state index in [-0.39, 0.29) is 5.75 Å². The van der Waals surface area contributed by atoms with Crippen molar-refractivity contribution in [1.82, 2.24) is 0 Å². The van der Waals surface area contributed by atoms with Crippen molar-refractivity contribution in [1.29, 1.82) is 0 Å². The zero-order valence-electron chi connectivity index (χ0n) is 8.19. The predicted octanol–water partition coefficient (Wildman–Crippen LogP) is 1.59. The van der Waals surface area contributed by atoms with E-state index in [1.165, 1.54) is 0 Å². The van der Waals surface area contributed by atoms with E-state index in [0.717, 1.165) is 5.56 Å². The Morgan fingerprint density at radius 2 is 2.07 bits per heavy atom. The second kappa shape index (κ2) is 6.59. The number of benzene rings is 1. The van der Waals surface area contributed by atoms with Gasteiger partial charge in [-0.05, 0) is 12.6 Å². The van der Waals surface area contributed by atoms with Crippen LogP contribution in [-0.2, 0) is 15.8 Å². The molecule has 0 aliphatic heterocycles. The zero-order chi connectivity index (χ0) is 10.2. The van der Waals surface area contributed by atoms with E-state index in [1.807, 2.05) is 18.7 Å². The van der Waals surface area contributed by atoms with Crippen molar-refractivity contribution in [3.05, 3.63) is 29.8 Å². The van der Waals surface area contributed by atoms with Crippen LogP contribution >= 0.6 is 0 Å². The Labute approximate surface area is 86.6 Å². The van der Waals surface area contributed by atoms with E-state index in [2.05, 4.69) is 0 Å². The molecule has 0 spiro atoms. The Morgan fingerprint density at radius 1 is 1.29 bits per heavy atom. The van der Waals surface area contributed by atoms with Crippen molar-refractivity contribution in [3.8, 4) is 5.75 Å². The highest BCUT2D eigenvalue weighted by molar-refractivity contribution is 6.24. The Hall–Kier alpha value is -0.843. The lowest BCUT2D eigenvalue weighted by Crippen LogP contribution is -2.05. The third kappa shape index (κ3) is 3.91. The second-order valence-electron chi connectivity index (χ2n) is 2.73. The summed E-state index contributed by atoms with van der Waals surface area (Å²) in [5.41, 5.74) is 0.812. The van der Waals surface area contributed by atoms with Gasteiger partial charge in [0.1, 0.15) is 5.75 Å². The Morgan fingerprint density at radius 3 is 2.79 bits per heavy atom. The molecule has 1 aromatic carbocycles. The molecule has 0 aromatic heterocycles. The van der Waals surface area contributed by atoms with Crippen molar-refractivity contribution in [2.45, 2.75) is 13.2 Å². The first-order valence-corrected chi connectivity index (χ1v) is 5.88. The lowest BCUT2D eigenvalue weighted by atomic mass is 10.2. The summed E-state index contributed by atoms with van der Waals surface area (Å²) >= 11 is 0. The minimum absolute atomic E-state index is 0.283. The van der Waals surface area contributed by atoms with Crippen LogP contribution in [0.3, 0.4) is 0 Å². The molecule has 0 saturated carbocycles. The Bertz CT molecular complexity index is 265. The van der Waals surface area contributed by atoms with Gasteiger partial charge in [-0.2, -0.15) is 0 Å². The summed E-state index contributed by atoms with van der Waals surface area (Å²) in [6.07, 6.45) is 0. The molecule has 0 atom stereocenters.